The largest absolute Gasteiger partial charge is 0.478 e. The van der Waals surface area contributed by atoms with Crippen LogP contribution in [0.5, 0.6) is 0 Å². The minimum Gasteiger partial charge on any atom is -0.478 e. The predicted molar refractivity (Wildman–Crippen MR) is 75.6 cm³/mol. The molecule has 5 nitrogen and oxygen atoms in total. The smallest absolute Gasteiger partial charge is 0.338 e. The van der Waals surface area contributed by atoms with E-state index >= 15 is 0 Å². The molecule has 0 aliphatic heterocycles. The Morgan fingerprint density at radius 1 is 1.18 bits per heavy atom. The molecule has 0 spiro atoms. The van der Waals surface area contributed by atoms with Crippen LogP contribution in [0.25, 0.3) is 0 Å². The maximum absolute atomic E-state index is 13.8. The highest BCUT2D eigenvalue weighted by molar-refractivity contribution is 7.92. The van der Waals surface area contributed by atoms with Gasteiger partial charge in [0.1, 0.15) is 10.7 Å². The Morgan fingerprint density at radius 3 is 2.50 bits per heavy atom. The van der Waals surface area contributed by atoms with Crippen LogP contribution >= 0.6 is 11.6 Å². The first-order chi connectivity index (χ1) is 10.2. The summed E-state index contributed by atoms with van der Waals surface area (Å²) in [5.41, 5.74) is -0.940. The van der Waals surface area contributed by atoms with E-state index in [9.17, 15) is 22.0 Å². The maximum atomic E-state index is 13.8. The van der Waals surface area contributed by atoms with E-state index < -0.39 is 38.1 Å². The van der Waals surface area contributed by atoms with Gasteiger partial charge in [-0.3, -0.25) is 4.72 Å². The van der Waals surface area contributed by atoms with Gasteiger partial charge in [0.15, 0.2) is 5.82 Å². The van der Waals surface area contributed by atoms with Gasteiger partial charge in [0.2, 0.25) is 0 Å². The fourth-order valence-electron chi connectivity index (χ4n) is 1.65. The van der Waals surface area contributed by atoms with E-state index in [1.54, 1.807) is 0 Å². The first-order valence-electron chi connectivity index (χ1n) is 5.72. The van der Waals surface area contributed by atoms with Crippen molar-refractivity contribution < 1.29 is 27.1 Å². The zero-order valence-corrected chi connectivity index (χ0v) is 12.3. The van der Waals surface area contributed by atoms with Gasteiger partial charge in [0.25, 0.3) is 10.0 Å². The van der Waals surface area contributed by atoms with Crippen molar-refractivity contribution in [3.05, 3.63) is 58.6 Å². The fraction of sp³-hybridized carbons (Fsp3) is 0. The number of carboxylic acid groups (broad SMARTS) is 1. The molecule has 22 heavy (non-hydrogen) atoms. The summed E-state index contributed by atoms with van der Waals surface area (Å²) >= 11 is 5.52. The molecule has 0 fully saturated rings. The van der Waals surface area contributed by atoms with Crippen LogP contribution in [0, 0.1) is 11.6 Å². The van der Waals surface area contributed by atoms with E-state index in [1.165, 1.54) is 12.1 Å². The van der Waals surface area contributed by atoms with Crippen molar-refractivity contribution >= 4 is 33.3 Å². The summed E-state index contributed by atoms with van der Waals surface area (Å²) in [7, 11) is -4.35. The summed E-state index contributed by atoms with van der Waals surface area (Å²) in [6.07, 6.45) is 0. The standard InChI is InChI=1S/C13H8ClF2NO4S/c14-9-2-1-3-11(12(9)16)22(20,21)17-7-4-5-10(15)8(6-7)13(18)19/h1-6,17H,(H,18,19). The van der Waals surface area contributed by atoms with E-state index in [-0.39, 0.29) is 10.7 Å². The Morgan fingerprint density at radius 2 is 1.86 bits per heavy atom. The third-order valence-corrected chi connectivity index (χ3v) is 4.35. The number of aromatic carboxylic acids is 1. The number of rotatable bonds is 4. The second-order valence-corrected chi connectivity index (χ2v) is 6.22. The SMILES string of the molecule is O=C(O)c1cc(NS(=O)(=O)c2cccc(Cl)c2F)ccc1F. The molecule has 0 heterocycles. The molecule has 0 aromatic heterocycles. The van der Waals surface area contributed by atoms with Gasteiger partial charge in [-0.2, -0.15) is 0 Å². The summed E-state index contributed by atoms with van der Waals surface area (Å²) in [5.74, 6) is -3.73. The van der Waals surface area contributed by atoms with Crippen molar-refractivity contribution in [1.82, 2.24) is 0 Å². The Hall–Kier alpha value is -2.19. The number of benzene rings is 2. The number of sulfonamides is 1. The lowest BCUT2D eigenvalue weighted by Crippen LogP contribution is -2.15. The number of carboxylic acids is 1. The molecule has 0 unspecified atom stereocenters. The van der Waals surface area contributed by atoms with Crippen molar-refractivity contribution in [2.24, 2.45) is 0 Å². The average Bonchev–Trinajstić information content (AvgIpc) is 2.43. The third-order valence-electron chi connectivity index (χ3n) is 2.65. The van der Waals surface area contributed by atoms with Crippen LogP contribution in [-0.2, 0) is 10.0 Å². The quantitative estimate of drug-likeness (QED) is 0.890. The van der Waals surface area contributed by atoms with Crippen molar-refractivity contribution in [3.8, 4) is 0 Å². The van der Waals surface area contributed by atoms with Crippen LogP contribution in [0.4, 0.5) is 14.5 Å². The summed E-state index contributed by atoms with van der Waals surface area (Å²) in [6, 6.07) is 6.00. The summed E-state index contributed by atoms with van der Waals surface area (Å²) < 4.78 is 53.2. The lowest BCUT2D eigenvalue weighted by Gasteiger charge is -2.10. The molecule has 0 amide bonds. The topological polar surface area (TPSA) is 83.5 Å². The first kappa shape index (κ1) is 16.2. The van der Waals surface area contributed by atoms with Crippen molar-refractivity contribution in [3.63, 3.8) is 0 Å². The molecule has 9 heteroatoms. The molecule has 0 saturated carbocycles. The van der Waals surface area contributed by atoms with Crippen LogP contribution in [0.15, 0.2) is 41.3 Å². The van der Waals surface area contributed by atoms with E-state index in [2.05, 4.69) is 0 Å². The molecule has 0 aliphatic carbocycles. The number of hydrogen-bond acceptors (Lipinski definition) is 3. The average molecular weight is 348 g/mol. The molecule has 116 valence electrons. The molecule has 2 N–H and O–H groups in total. The van der Waals surface area contributed by atoms with Crippen LogP contribution in [-0.4, -0.2) is 19.5 Å². The van der Waals surface area contributed by atoms with Crippen LogP contribution in [0.3, 0.4) is 0 Å². The van der Waals surface area contributed by atoms with Crippen LogP contribution in [0.1, 0.15) is 10.4 Å². The molecule has 0 bridgehead atoms. The molecule has 0 aliphatic rings. The molecule has 0 saturated heterocycles. The molecule has 2 aromatic rings. The van der Waals surface area contributed by atoms with Crippen molar-refractivity contribution in [2.75, 3.05) is 4.72 Å². The van der Waals surface area contributed by atoms with Gasteiger partial charge in [-0.25, -0.2) is 22.0 Å². The van der Waals surface area contributed by atoms with E-state index in [0.717, 1.165) is 24.3 Å². The Labute approximate surface area is 129 Å². The van der Waals surface area contributed by atoms with Crippen LogP contribution < -0.4 is 4.72 Å². The zero-order valence-electron chi connectivity index (χ0n) is 10.7. The summed E-state index contributed by atoms with van der Waals surface area (Å²) in [4.78, 5) is 10.1. The lowest BCUT2D eigenvalue weighted by atomic mass is 10.2. The van der Waals surface area contributed by atoms with Crippen molar-refractivity contribution in [2.45, 2.75) is 4.90 Å². The zero-order chi connectivity index (χ0) is 16.5. The number of anilines is 1. The molecular weight excluding hydrogens is 340 g/mol. The van der Waals surface area contributed by atoms with Gasteiger partial charge < -0.3 is 5.11 Å². The predicted octanol–water partition coefficient (Wildman–Crippen LogP) is 3.12. The highest BCUT2D eigenvalue weighted by Gasteiger charge is 2.22. The minimum atomic E-state index is -4.35. The Balaban J connectivity index is 2.43. The van der Waals surface area contributed by atoms with Gasteiger partial charge in [0.05, 0.1) is 10.6 Å². The highest BCUT2D eigenvalue weighted by atomic mass is 35.5. The van der Waals surface area contributed by atoms with Gasteiger partial charge in [-0.15, -0.1) is 0 Å². The summed E-state index contributed by atoms with van der Waals surface area (Å²) in [6.45, 7) is 0. The van der Waals surface area contributed by atoms with Gasteiger partial charge >= 0.3 is 5.97 Å². The van der Waals surface area contributed by atoms with E-state index in [4.69, 9.17) is 16.7 Å². The molecule has 2 rings (SSSR count). The van der Waals surface area contributed by atoms with Crippen LogP contribution in [0.2, 0.25) is 5.02 Å². The number of nitrogens with one attached hydrogen (secondary N) is 1. The lowest BCUT2D eigenvalue weighted by molar-refractivity contribution is 0.0692. The van der Waals surface area contributed by atoms with E-state index in [0.29, 0.717) is 0 Å². The Bertz CT molecular complexity index is 855. The normalized spacial score (nSPS) is 11.2. The second-order valence-electron chi connectivity index (χ2n) is 4.16. The maximum Gasteiger partial charge on any atom is 0.338 e. The molecule has 0 radical (unpaired) electrons. The number of carbonyl (C=O) groups is 1. The Kier molecular flexibility index (Phi) is 4.34. The van der Waals surface area contributed by atoms with Gasteiger partial charge in [-0.1, -0.05) is 17.7 Å². The molecule has 0 atom stereocenters. The minimum absolute atomic E-state index is 0.224. The monoisotopic (exact) mass is 347 g/mol. The summed E-state index contributed by atoms with van der Waals surface area (Å²) in [5, 5.41) is 8.41. The number of hydrogen-bond donors (Lipinski definition) is 2. The highest BCUT2D eigenvalue weighted by Crippen LogP contribution is 2.24. The van der Waals surface area contributed by atoms with Gasteiger partial charge in [0, 0.05) is 5.69 Å². The first-order valence-corrected chi connectivity index (χ1v) is 7.58. The molecular formula is C13H8ClF2NO4S. The van der Waals surface area contributed by atoms with Gasteiger partial charge in [-0.05, 0) is 30.3 Å². The number of halogens is 3. The fourth-order valence-corrected chi connectivity index (χ4v) is 3.04. The van der Waals surface area contributed by atoms with E-state index in [1.807, 2.05) is 4.72 Å². The third kappa shape index (κ3) is 3.18. The molecule has 2 aromatic carbocycles. The second kappa shape index (κ2) is 5.90. The van der Waals surface area contributed by atoms with Crippen molar-refractivity contribution in [1.29, 1.82) is 0 Å².